The van der Waals surface area contributed by atoms with Gasteiger partial charge in [0.05, 0.1) is 19.7 Å². The maximum atomic E-state index is 16.1. The predicted octanol–water partition coefficient (Wildman–Crippen LogP) is 25.3. The zero-order valence-corrected chi connectivity index (χ0v) is 71.5. The largest absolute Gasteiger partial charge is 2.00 e. The molecule has 12 rings (SSSR count). The summed E-state index contributed by atoms with van der Waals surface area (Å²) in [5, 5.41) is 9.65. The molecule has 2 aromatic heterocycles. The van der Waals surface area contributed by atoms with Gasteiger partial charge in [-0.25, -0.2) is 17.9 Å². The Bertz CT molecular complexity index is 3890. The van der Waals surface area contributed by atoms with Crippen molar-refractivity contribution in [3.8, 4) is 40.2 Å². The standard InChI is InChI=1S/C36H47N2.C35H40F2N3.C10H20.C5H10.4CH3.2Os/c1-21(2)30-19-28(34-26(8)24(6)25(7)27(34)9)20-31(22(3)4)35(30)38-33-18-14-13-17-32(33)37(10)36(38)29-16-12-11-15-23(29)5;1-19(2)26-16-25(24-11-9-10-12-24)17-27(20(3)4)34(26)40-31-15-22(6)21(5)14-30(31)39(8)35(40)32-23(7)13-29(36)28(18-38)33(32)37;1-6-7(2)9(4)10(5)8(6)3;1-2-4-5-3-1;;;;;;/h11-22,24-27,34H,1-10H3;13-17,19-20,24H,9-12H2,1-8H3;6-10H,1-5H3;1-5H2;4*1H3;;/q2*+1;;;4*-1;2*+2. The second kappa shape index (κ2) is 36.8. The molecule has 4 atom stereocenters. The van der Waals surface area contributed by atoms with Crippen LogP contribution in [0.1, 0.15) is 272 Å². The minimum Gasteiger partial charge on any atom is -0.358 e. The van der Waals surface area contributed by atoms with Crippen LogP contribution in [0.5, 0.6) is 0 Å². The van der Waals surface area contributed by atoms with Crippen molar-refractivity contribution >= 4 is 22.1 Å². The van der Waals surface area contributed by atoms with E-state index < -0.39 is 17.2 Å². The molecule has 99 heavy (non-hydrogen) atoms. The summed E-state index contributed by atoms with van der Waals surface area (Å²) in [6.07, 6.45) is 12.5. The summed E-state index contributed by atoms with van der Waals surface area (Å²) < 4.78 is 40.0. The van der Waals surface area contributed by atoms with Crippen molar-refractivity contribution in [2.45, 2.75) is 239 Å². The van der Waals surface area contributed by atoms with Crippen LogP contribution < -0.4 is 9.13 Å². The van der Waals surface area contributed by atoms with Crippen LogP contribution >= 0.6 is 0 Å². The number of fused-ring (bicyclic) bond motifs is 2. The summed E-state index contributed by atoms with van der Waals surface area (Å²) in [5.74, 6) is 10.3. The summed E-state index contributed by atoms with van der Waals surface area (Å²) in [7, 11) is 4.16. The van der Waals surface area contributed by atoms with Crippen molar-refractivity contribution in [3.63, 3.8) is 0 Å². The summed E-state index contributed by atoms with van der Waals surface area (Å²) in [4.78, 5) is 0. The first-order valence-corrected chi connectivity index (χ1v) is 36.4. The number of imidazole rings is 2. The maximum absolute atomic E-state index is 16.1. The fraction of sp³-hybridized carbons (Fsp3) is 0.522. The monoisotopic (exact) mass is 1700 g/mol. The third kappa shape index (κ3) is 17.3. The second-order valence-corrected chi connectivity index (χ2v) is 31.2. The molecule has 0 spiro atoms. The molecule has 4 unspecified atom stereocenters. The molecule has 5 nitrogen and oxygen atoms in total. The summed E-state index contributed by atoms with van der Waals surface area (Å²) in [6, 6.07) is 35.0. The molecule has 4 aliphatic carbocycles. The van der Waals surface area contributed by atoms with Gasteiger partial charge in [0.15, 0.2) is 27.9 Å². The molecule has 6 aromatic carbocycles. The summed E-state index contributed by atoms with van der Waals surface area (Å²) in [5.41, 5.74) is 20.3. The molecular weight excluding hydrogens is 1570 g/mol. The summed E-state index contributed by atoms with van der Waals surface area (Å²) in [6.45, 7) is 48.4. The first-order valence-electron chi connectivity index (χ1n) is 36.4. The SMILES string of the molecule is C1CCCC1.CC1C(C)C(C)C(C)C1C.Cc1cc2c(cc1C)[n+](C)c(-c1c(C)cc(F)c(C#N)c1F)n2-c1c(C(C)C)cc(C2CCCC2)cc1C(C)C.Cc1ccccc1-c1n(-c2c(C(C)C)cc(C3C(C)C(C)C(C)C3C)cc2C(C)C)c2ccccc2[n+]1C.[CH3-].[CH3-].[CH3-].[CH3-].[Os+2].[Os+2]. The van der Waals surface area contributed by atoms with Gasteiger partial charge in [-0.1, -0.05) is 217 Å². The van der Waals surface area contributed by atoms with Crippen LogP contribution in [0.15, 0.2) is 91.0 Å². The van der Waals surface area contributed by atoms with Crippen LogP contribution in [-0.2, 0) is 53.7 Å². The van der Waals surface area contributed by atoms with Crippen molar-refractivity contribution in [2.24, 2.45) is 67.4 Å². The Kier molecular flexibility index (Phi) is 32.8. The molecule has 0 N–H and O–H groups in total. The molecule has 0 amide bonds. The van der Waals surface area contributed by atoms with E-state index in [4.69, 9.17) is 0 Å². The van der Waals surface area contributed by atoms with Crippen LogP contribution in [0.3, 0.4) is 0 Å². The minimum absolute atomic E-state index is 0. The van der Waals surface area contributed by atoms with Gasteiger partial charge in [-0.3, -0.25) is 0 Å². The van der Waals surface area contributed by atoms with E-state index in [0.717, 1.165) is 69.3 Å². The van der Waals surface area contributed by atoms with Crippen LogP contribution in [-0.4, -0.2) is 9.13 Å². The topological polar surface area (TPSA) is 41.4 Å². The fourth-order valence-electron chi connectivity index (χ4n) is 17.2. The van der Waals surface area contributed by atoms with Gasteiger partial charge in [0, 0.05) is 22.3 Å². The Morgan fingerprint density at radius 1 is 0.434 bits per heavy atom. The number of nitriles is 1. The maximum Gasteiger partial charge on any atom is 2.00 e. The van der Waals surface area contributed by atoms with Gasteiger partial charge in [-0.15, -0.1) is 0 Å². The van der Waals surface area contributed by atoms with Gasteiger partial charge in [0.2, 0.25) is 0 Å². The molecule has 2 heterocycles. The molecule has 4 fully saturated rings. The number of nitrogens with zero attached hydrogens (tertiary/aromatic N) is 5. The van der Waals surface area contributed by atoms with E-state index in [0.29, 0.717) is 46.9 Å². The summed E-state index contributed by atoms with van der Waals surface area (Å²) >= 11 is 0. The van der Waals surface area contributed by atoms with E-state index in [1.54, 1.807) is 18.6 Å². The molecule has 8 aromatic rings. The van der Waals surface area contributed by atoms with Crippen LogP contribution in [0.25, 0.3) is 56.2 Å². The number of hydrogen-bond donors (Lipinski definition) is 0. The minimum atomic E-state index is -0.829. The van der Waals surface area contributed by atoms with Crippen LogP contribution in [0, 0.1) is 134 Å². The van der Waals surface area contributed by atoms with Crippen LogP contribution in [0.2, 0.25) is 0 Å². The Morgan fingerprint density at radius 2 is 0.818 bits per heavy atom. The first kappa shape index (κ1) is 88.1. The normalized spacial score (nSPS) is 21.7. The Labute approximate surface area is 629 Å². The number of para-hydroxylation sites is 2. The van der Waals surface area contributed by atoms with Crippen molar-refractivity contribution in [2.75, 3.05) is 0 Å². The zero-order valence-electron chi connectivity index (χ0n) is 66.4. The Balaban J connectivity index is 0.000000404. The molecule has 9 heteroatoms. The molecule has 0 bridgehead atoms. The van der Waals surface area contributed by atoms with E-state index >= 15 is 4.39 Å². The van der Waals surface area contributed by atoms with Gasteiger partial charge in [0.25, 0.3) is 11.6 Å². The average molecular weight is 1700 g/mol. The molecule has 0 aliphatic heterocycles. The van der Waals surface area contributed by atoms with Crippen molar-refractivity contribution < 1.29 is 57.5 Å². The van der Waals surface area contributed by atoms with Gasteiger partial charge in [0.1, 0.15) is 34.4 Å². The van der Waals surface area contributed by atoms with Crippen molar-refractivity contribution in [1.82, 2.24) is 9.13 Å². The third-order valence-electron chi connectivity index (χ3n) is 24.4. The molecule has 4 aliphatic rings. The number of halogens is 2. The molecule has 542 valence electrons. The fourth-order valence-corrected chi connectivity index (χ4v) is 17.2. The van der Waals surface area contributed by atoms with Crippen molar-refractivity contribution in [1.29, 1.82) is 5.26 Å². The predicted molar refractivity (Wildman–Crippen MR) is 415 cm³/mol. The number of aromatic nitrogens is 4. The number of hydrogen-bond acceptors (Lipinski definition) is 1. The molecule has 0 saturated heterocycles. The van der Waals surface area contributed by atoms with Crippen LogP contribution in [0.4, 0.5) is 8.78 Å². The van der Waals surface area contributed by atoms with Crippen molar-refractivity contribution in [3.05, 3.63) is 194 Å². The van der Waals surface area contributed by atoms with Gasteiger partial charge >= 0.3 is 39.6 Å². The average Bonchev–Trinajstić information content (AvgIpc) is 1.62. The second-order valence-electron chi connectivity index (χ2n) is 31.2. The molecule has 4 saturated carbocycles. The molecule has 0 radical (unpaired) electrons. The number of aryl methyl sites for hydroxylation is 6. The van der Waals surface area contributed by atoms with Gasteiger partial charge in [-0.05, 0) is 199 Å². The Morgan fingerprint density at radius 3 is 1.25 bits per heavy atom. The Hall–Kier alpha value is -5.12. The van der Waals surface area contributed by atoms with E-state index in [9.17, 15) is 9.65 Å². The third-order valence-corrected chi connectivity index (χ3v) is 24.4. The van der Waals surface area contributed by atoms with Gasteiger partial charge in [-0.2, -0.15) is 14.4 Å². The van der Waals surface area contributed by atoms with E-state index in [-0.39, 0.29) is 86.7 Å². The van der Waals surface area contributed by atoms with Gasteiger partial charge < -0.3 is 29.7 Å². The smallest absolute Gasteiger partial charge is 0.358 e. The number of rotatable bonds is 10. The zero-order chi connectivity index (χ0) is 67.9. The van der Waals surface area contributed by atoms with E-state index in [2.05, 4.69) is 244 Å². The van der Waals surface area contributed by atoms with E-state index in [1.807, 2.05) is 11.6 Å². The number of benzene rings is 6. The quantitative estimate of drug-likeness (QED) is 0.0994. The molecular formula is C90H129F2N5Os2+2. The van der Waals surface area contributed by atoms with E-state index in [1.165, 1.54) is 125 Å². The first-order chi connectivity index (χ1) is 44.0.